The summed E-state index contributed by atoms with van der Waals surface area (Å²) >= 11 is 3.16. The van der Waals surface area contributed by atoms with E-state index in [0.29, 0.717) is 6.07 Å². The molecule has 0 aromatic heterocycles. The zero-order valence-corrected chi connectivity index (χ0v) is 20.5. The minimum Gasteiger partial charge on any atom is -0.362 e. The van der Waals surface area contributed by atoms with Gasteiger partial charge in [-0.15, -0.1) is 0 Å². The van der Waals surface area contributed by atoms with Gasteiger partial charge in [0.2, 0.25) is 0 Å². The van der Waals surface area contributed by atoms with Crippen LogP contribution >= 0.6 is 23.8 Å². The molecule has 0 fully saturated rings. The largest absolute Gasteiger partial charge is 0.469 e. The summed E-state index contributed by atoms with van der Waals surface area (Å²) < 4.78 is 42.1. The van der Waals surface area contributed by atoms with E-state index in [-0.39, 0.29) is 36.1 Å². The molecule has 1 aromatic carbocycles. The highest BCUT2D eigenvalue weighted by Gasteiger charge is 2.31. The van der Waals surface area contributed by atoms with Crippen LogP contribution in [0.25, 0.3) is 0 Å². The fourth-order valence-electron chi connectivity index (χ4n) is 2.68. The van der Waals surface area contributed by atoms with E-state index >= 15 is 0 Å². The van der Waals surface area contributed by atoms with Crippen LogP contribution in [0.1, 0.15) is 23.2 Å². The molecule has 18 heteroatoms. The molecular formula is C15H21BrN3O12PS. The van der Waals surface area contributed by atoms with Gasteiger partial charge in [0.05, 0.1) is 40.9 Å². The molecule has 0 aliphatic heterocycles. The van der Waals surface area contributed by atoms with E-state index < -0.39 is 64.6 Å². The van der Waals surface area contributed by atoms with Gasteiger partial charge in [0, 0.05) is 30.9 Å². The first-order valence-electron chi connectivity index (χ1n) is 9.01. The van der Waals surface area contributed by atoms with Crippen LogP contribution in [0.2, 0.25) is 0 Å². The fraction of sp³-hybridized carbons (Fsp3) is 0.533. The maximum absolute atomic E-state index is 12.8. The van der Waals surface area contributed by atoms with Gasteiger partial charge in [-0.05, 0) is 6.42 Å². The van der Waals surface area contributed by atoms with Crippen LogP contribution in [0.4, 0.5) is 17.1 Å². The number of anilines is 1. The average Bonchev–Trinajstić information content (AvgIpc) is 2.67. The predicted molar refractivity (Wildman–Crippen MR) is 118 cm³/mol. The fourth-order valence-corrected chi connectivity index (χ4v) is 3.85. The first-order valence-corrected chi connectivity index (χ1v) is 13.5. The number of phosphoric acid groups is 1. The summed E-state index contributed by atoms with van der Waals surface area (Å²) in [6.07, 6.45) is 0.230. The zero-order valence-electron chi connectivity index (χ0n) is 17.2. The number of nitro benzene ring substituents is 2. The average molecular weight is 578 g/mol. The van der Waals surface area contributed by atoms with Crippen molar-refractivity contribution in [2.45, 2.75) is 12.8 Å². The number of non-ortho nitro benzene ring substituents is 1. The number of hydrogen-bond donors (Lipinski definition) is 2. The standard InChI is InChI=1S/C15H21BrN3O12PS/c1-33(28,29)31-8-6-17(5-4-16)15-12(14(20)3-2-7-30-32(25,26)27)9-11(18(21)22)10-13(15)19(23)24/h9-10H,2-8H2,1H3,(H2,25,26,27). The number of hydrogen-bond acceptors (Lipinski definition) is 11. The highest BCUT2D eigenvalue weighted by Crippen LogP contribution is 2.38. The third-order valence-corrected chi connectivity index (χ3v) is 5.39. The van der Waals surface area contributed by atoms with Crippen LogP contribution in [0.5, 0.6) is 0 Å². The van der Waals surface area contributed by atoms with Crippen molar-refractivity contribution in [1.29, 1.82) is 0 Å². The van der Waals surface area contributed by atoms with E-state index in [2.05, 4.69) is 24.6 Å². The summed E-state index contributed by atoms with van der Waals surface area (Å²) in [5.41, 5.74) is -2.12. The van der Waals surface area contributed by atoms with Crippen molar-refractivity contribution in [2.75, 3.05) is 42.8 Å². The van der Waals surface area contributed by atoms with Gasteiger partial charge in [-0.3, -0.25) is 33.7 Å². The molecule has 186 valence electrons. The van der Waals surface area contributed by atoms with Gasteiger partial charge in [0.25, 0.3) is 21.5 Å². The van der Waals surface area contributed by atoms with Gasteiger partial charge < -0.3 is 14.7 Å². The number of benzene rings is 1. The molecule has 0 bridgehead atoms. The van der Waals surface area contributed by atoms with Crippen LogP contribution in [-0.4, -0.2) is 71.7 Å². The summed E-state index contributed by atoms with van der Waals surface area (Å²) in [4.78, 5) is 52.6. The monoisotopic (exact) mass is 577 g/mol. The molecule has 0 unspecified atom stereocenters. The summed E-state index contributed by atoms with van der Waals surface area (Å²) in [6.45, 7) is -1.08. The molecule has 1 rings (SSSR count). The Kier molecular flexibility index (Phi) is 11.0. The van der Waals surface area contributed by atoms with E-state index in [1.54, 1.807) is 0 Å². The summed E-state index contributed by atoms with van der Waals surface area (Å²) in [7, 11) is -8.59. The van der Waals surface area contributed by atoms with Crippen molar-refractivity contribution in [3.8, 4) is 0 Å². The molecule has 0 aliphatic rings. The molecule has 0 amide bonds. The Hall–Kier alpha value is -2.01. The Bertz CT molecular complexity index is 1040. The second-order valence-corrected chi connectivity index (χ2v) is 10.1. The number of Topliss-reactive ketones (excluding diaryl/α,β-unsaturated/α-hetero) is 1. The number of phosphoric ester groups is 1. The first kappa shape index (κ1) is 29.0. The molecule has 0 aliphatic carbocycles. The zero-order chi connectivity index (χ0) is 25.4. The number of nitrogens with zero attached hydrogens (tertiary/aromatic N) is 3. The van der Waals surface area contributed by atoms with Gasteiger partial charge in [0.15, 0.2) is 5.78 Å². The summed E-state index contributed by atoms with van der Waals surface area (Å²) in [5.74, 6) is -0.783. The lowest BCUT2D eigenvalue weighted by atomic mass is 10.0. The van der Waals surface area contributed by atoms with Crippen LogP contribution < -0.4 is 4.90 Å². The van der Waals surface area contributed by atoms with E-state index in [1.807, 2.05) is 0 Å². The molecule has 15 nitrogen and oxygen atoms in total. The Labute approximate surface area is 196 Å². The summed E-state index contributed by atoms with van der Waals surface area (Å²) in [6, 6.07) is 1.54. The van der Waals surface area contributed by atoms with Gasteiger partial charge in [-0.2, -0.15) is 8.42 Å². The lowest BCUT2D eigenvalue weighted by Gasteiger charge is -2.25. The van der Waals surface area contributed by atoms with E-state index in [9.17, 15) is 38.0 Å². The van der Waals surface area contributed by atoms with E-state index in [4.69, 9.17) is 9.79 Å². The Morgan fingerprint density at radius 3 is 2.30 bits per heavy atom. The number of carbonyl (C=O) groups is 1. The van der Waals surface area contributed by atoms with Gasteiger partial charge in [0.1, 0.15) is 5.69 Å². The van der Waals surface area contributed by atoms with Gasteiger partial charge >= 0.3 is 7.82 Å². The topological polar surface area (TPSA) is 217 Å². The molecule has 0 atom stereocenters. The number of rotatable bonds is 15. The molecule has 0 saturated heterocycles. The normalized spacial score (nSPS) is 11.9. The molecule has 0 heterocycles. The lowest BCUT2D eigenvalue weighted by molar-refractivity contribution is -0.393. The van der Waals surface area contributed by atoms with Crippen molar-refractivity contribution >= 4 is 56.7 Å². The quantitative estimate of drug-likeness (QED) is 0.0577. The van der Waals surface area contributed by atoms with E-state index in [1.165, 1.54) is 4.90 Å². The van der Waals surface area contributed by atoms with E-state index in [0.717, 1.165) is 12.3 Å². The summed E-state index contributed by atoms with van der Waals surface area (Å²) in [5, 5.41) is 23.2. The molecular weight excluding hydrogens is 557 g/mol. The van der Waals surface area contributed by atoms with Gasteiger partial charge in [-0.1, -0.05) is 15.9 Å². The van der Waals surface area contributed by atoms with Crippen LogP contribution in [0, 0.1) is 20.2 Å². The number of alkyl halides is 1. The number of nitro groups is 2. The van der Waals surface area contributed by atoms with Crippen LogP contribution in [0.3, 0.4) is 0 Å². The maximum atomic E-state index is 12.8. The highest BCUT2D eigenvalue weighted by atomic mass is 79.9. The molecule has 0 saturated carbocycles. The number of halogens is 1. The van der Waals surface area contributed by atoms with Crippen LogP contribution in [-0.2, 0) is 23.4 Å². The number of ketones is 1. The molecule has 0 spiro atoms. The third kappa shape index (κ3) is 10.2. The smallest absolute Gasteiger partial charge is 0.362 e. The molecule has 1 aromatic rings. The predicted octanol–water partition coefficient (Wildman–Crippen LogP) is 1.75. The molecule has 2 N–H and O–H groups in total. The minimum atomic E-state index is -4.77. The molecule has 33 heavy (non-hydrogen) atoms. The van der Waals surface area contributed by atoms with Crippen molar-refractivity contribution in [1.82, 2.24) is 0 Å². The number of carbonyl (C=O) groups excluding carboxylic acids is 1. The Balaban J connectivity index is 3.43. The van der Waals surface area contributed by atoms with Crippen LogP contribution in [0.15, 0.2) is 12.1 Å². The van der Waals surface area contributed by atoms with Crippen molar-refractivity contribution in [2.24, 2.45) is 0 Å². The van der Waals surface area contributed by atoms with Crippen molar-refractivity contribution in [3.63, 3.8) is 0 Å². The molecule has 0 radical (unpaired) electrons. The maximum Gasteiger partial charge on any atom is 0.469 e. The Morgan fingerprint density at radius 1 is 1.18 bits per heavy atom. The SMILES string of the molecule is CS(=O)(=O)OCCN(CCBr)c1c(C(=O)CCCOP(=O)(O)O)cc([N+](=O)[O-])cc1[N+](=O)[O-]. The first-order chi connectivity index (χ1) is 15.2. The van der Waals surface area contributed by atoms with Crippen molar-refractivity contribution < 1.29 is 46.1 Å². The van der Waals surface area contributed by atoms with Gasteiger partial charge in [-0.25, -0.2) is 4.57 Å². The third-order valence-electron chi connectivity index (χ3n) is 3.92. The second kappa shape index (κ2) is 12.5. The lowest BCUT2D eigenvalue weighted by Crippen LogP contribution is -2.32. The second-order valence-electron chi connectivity index (χ2n) is 6.43. The highest BCUT2D eigenvalue weighted by molar-refractivity contribution is 9.09. The Morgan fingerprint density at radius 2 is 1.82 bits per heavy atom. The minimum absolute atomic E-state index is 0.0490. The van der Waals surface area contributed by atoms with Crippen molar-refractivity contribution in [3.05, 3.63) is 37.9 Å².